The molecule has 110 valence electrons. The molecule has 4 nitrogen and oxygen atoms in total. The molecule has 1 amide bonds. The molecular weight excluding hydrogens is 240 g/mol. The predicted octanol–water partition coefficient (Wildman–Crippen LogP) is 1.34. The Balaban J connectivity index is 1.66. The summed E-state index contributed by atoms with van der Waals surface area (Å²) in [6, 6.07) is 0. The number of rotatable bonds is 6. The summed E-state index contributed by atoms with van der Waals surface area (Å²) in [5, 5.41) is 9.88. The average Bonchev–Trinajstić information content (AvgIpc) is 2.94. The number of aliphatic hydroxyl groups is 1. The summed E-state index contributed by atoms with van der Waals surface area (Å²) >= 11 is 0. The Morgan fingerprint density at radius 2 is 2.00 bits per heavy atom. The van der Waals surface area contributed by atoms with E-state index in [2.05, 4.69) is 4.90 Å². The van der Waals surface area contributed by atoms with Gasteiger partial charge in [-0.3, -0.25) is 4.79 Å². The number of likely N-dealkylation sites (tertiary alicyclic amines) is 1. The minimum absolute atomic E-state index is 0.0766. The fourth-order valence-corrected chi connectivity index (χ4v) is 3.70. The number of amides is 1. The van der Waals surface area contributed by atoms with Crippen molar-refractivity contribution in [3.8, 4) is 0 Å². The highest BCUT2D eigenvalue weighted by atomic mass is 16.3. The number of carbonyl (C=O) groups excluding carboxylic acids is 1. The fraction of sp³-hybridized carbons (Fsp3) is 0.933. The Labute approximate surface area is 116 Å². The second-order valence-electron chi connectivity index (χ2n) is 6.00. The molecule has 1 saturated carbocycles. The van der Waals surface area contributed by atoms with E-state index >= 15 is 0 Å². The standard InChI is InChI=1S/C15H28N2O2/c1-3-17(4-2)15(19)6-5-9-16-10-12-7-8-14(18)13(12)11-16/h12-14,18H,3-11H2,1-2H3. The van der Waals surface area contributed by atoms with Crippen molar-refractivity contribution < 1.29 is 9.90 Å². The molecule has 2 rings (SSSR count). The van der Waals surface area contributed by atoms with Gasteiger partial charge in [-0.1, -0.05) is 0 Å². The van der Waals surface area contributed by atoms with Crippen molar-refractivity contribution in [1.29, 1.82) is 0 Å². The van der Waals surface area contributed by atoms with Crippen LogP contribution in [0.25, 0.3) is 0 Å². The van der Waals surface area contributed by atoms with E-state index in [9.17, 15) is 9.90 Å². The topological polar surface area (TPSA) is 43.8 Å². The molecule has 2 aliphatic rings. The summed E-state index contributed by atoms with van der Waals surface area (Å²) < 4.78 is 0. The van der Waals surface area contributed by atoms with Crippen molar-refractivity contribution in [1.82, 2.24) is 9.80 Å². The number of hydrogen-bond acceptors (Lipinski definition) is 3. The van der Waals surface area contributed by atoms with Gasteiger partial charge in [-0.2, -0.15) is 0 Å². The summed E-state index contributed by atoms with van der Waals surface area (Å²) in [5.41, 5.74) is 0. The van der Waals surface area contributed by atoms with Gasteiger partial charge in [0.1, 0.15) is 0 Å². The lowest BCUT2D eigenvalue weighted by Gasteiger charge is -2.20. The van der Waals surface area contributed by atoms with Crippen LogP contribution in [-0.4, -0.2) is 59.6 Å². The molecule has 3 atom stereocenters. The first-order chi connectivity index (χ1) is 9.15. The van der Waals surface area contributed by atoms with E-state index in [1.54, 1.807) is 0 Å². The highest BCUT2D eigenvalue weighted by Gasteiger charge is 2.41. The largest absolute Gasteiger partial charge is 0.393 e. The molecule has 1 saturated heterocycles. The first kappa shape index (κ1) is 14.8. The second kappa shape index (κ2) is 6.71. The quantitative estimate of drug-likeness (QED) is 0.790. The van der Waals surface area contributed by atoms with Crippen LogP contribution in [0, 0.1) is 11.8 Å². The van der Waals surface area contributed by atoms with Gasteiger partial charge in [-0.25, -0.2) is 0 Å². The van der Waals surface area contributed by atoms with Gasteiger partial charge in [0.2, 0.25) is 5.91 Å². The predicted molar refractivity (Wildman–Crippen MR) is 75.8 cm³/mol. The van der Waals surface area contributed by atoms with E-state index < -0.39 is 0 Å². The molecule has 19 heavy (non-hydrogen) atoms. The second-order valence-corrected chi connectivity index (χ2v) is 6.00. The van der Waals surface area contributed by atoms with E-state index in [-0.39, 0.29) is 12.0 Å². The summed E-state index contributed by atoms with van der Waals surface area (Å²) in [4.78, 5) is 16.2. The molecule has 0 aromatic heterocycles. The molecular formula is C15H28N2O2. The summed E-state index contributed by atoms with van der Waals surface area (Å²) in [6.45, 7) is 8.86. The molecule has 1 heterocycles. The van der Waals surface area contributed by atoms with E-state index in [4.69, 9.17) is 0 Å². The minimum atomic E-state index is -0.0766. The highest BCUT2D eigenvalue weighted by Crippen LogP contribution is 2.37. The van der Waals surface area contributed by atoms with Crippen molar-refractivity contribution >= 4 is 5.91 Å². The zero-order chi connectivity index (χ0) is 13.8. The van der Waals surface area contributed by atoms with Crippen LogP contribution in [0.2, 0.25) is 0 Å². The third kappa shape index (κ3) is 3.48. The van der Waals surface area contributed by atoms with Crippen molar-refractivity contribution in [2.75, 3.05) is 32.7 Å². The number of nitrogens with zero attached hydrogens (tertiary/aromatic N) is 2. The van der Waals surface area contributed by atoms with Gasteiger partial charge < -0.3 is 14.9 Å². The Hall–Kier alpha value is -0.610. The van der Waals surface area contributed by atoms with Crippen LogP contribution < -0.4 is 0 Å². The van der Waals surface area contributed by atoms with Crippen molar-refractivity contribution in [3.05, 3.63) is 0 Å². The lowest BCUT2D eigenvalue weighted by molar-refractivity contribution is -0.130. The van der Waals surface area contributed by atoms with E-state index in [1.807, 2.05) is 18.7 Å². The van der Waals surface area contributed by atoms with Crippen LogP contribution >= 0.6 is 0 Å². The number of carbonyl (C=O) groups is 1. The summed E-state index contributed by atoms with van der Waals surface area (Å²) in [6.07, 6.45) is 3.71. The molecule has 0 bridgehead atoms. The lowest BCUT2D eigenvalue weighted by atomic mass is 10.00. The zero-order valence-electron chi connectivity index (χ0n) is 12.3. The van der Waals surface area contributed by atoms with Gasteiger partial charge in [-0.05, 0) is 45.6 Å². The first-order valence-corrected chi connectivity index (χ1v) is 7.83. The molecule has 0 aromatic rings. The SMILES string of the molecule is CCN(CC)C(=O)CCCN1CC2CCC(O)C2C1. The zero-order valence-corrected chi connectivity index (χ0v) is 12.3. The lowest BCUT2D eigenvalue weighted by Crippen LogP contribution is -2.31. The van der Waals surface area contributed by atoms with Gasteiger partial charge >= 0.3 is 0 Å². The molecule has 0 spiro atoms. The van der Waals surface area contributed by atoms with E-state index in [1.165, 1.54) is 6.42 Å². The van der Waals surface area contributed by atoms with Crippen LogP contribution in [0.3, 0.4) is 0 Å². The van der Waals surface area contributed by atoms with Gasteiger partial charge in [0.05, 0.1) is 6.10 Å². The van der Waals surface area contributed by atoms with Gasteiger partial charge in [0.25, 0.3) is 0 Å². The maximum absolute atomic E-state index is 11.9. The van der Waals surface area contributed by atoms with Crippen LogP contribution in [0.15, 0.2) is 0 Å². The molecule has 1 aliphatic heterocycles. The summed E-state index contributed by atoms with van der Waals surface area (Å²) in [5.74, 6) is 1.48. The van der Waals surface area contributed by atoms with E-state index in [0.29, 0.717) is 18.3 Å². The Kier molecular flexibility index (Phi) is 5.22. The monoisotopic (exact) mass is 268 g/mol. The Morgan fingerprint density at radius 1 is 1.26 bits per heavy atom. The molecule has 1 N–H and O–H groups in total. The molecule has 4 heteroatoms. The fourth-order valence-electron chi connectivity index (χ4n) is 3.70. The Bertz CT molecular complexity index is 305. The number of fused-ring (bicyclic) bond motifs is 1. The van der Waals surface area contributed by atoms with Gasteiger partial charge in [0.15, 0.2) is 0 Å². The van der Waals surface area contributed by atoms with E-state index in [0.717, 1.165) is 45.6 Å². The number of hydrogen-bond donors (Lipinski definition) is 1. The van der Waals surface area contributed by atoms with Crippen LogP contribution in [0.1, 0.15) is 39.5 Å². The minimum Gasteiger partial charge on any atom is -0.393 e. The molecule has 3 unspecified atom stereocenters. The average molecular weight is 268 g/mol. The maximum Gasteiger partial charge on any atom is 0.222 e. The third-order valence-corrected chi connectivity index (χ3v) is 4.88. The molecule has 0 aromatic carbocycles. The van der Waals surface area contributed by atoms with Crippen LogP contribution in [0.5, 0.6) is 0 Å². The van der Waals surface area contributed by atoms with Crippen molar-refractivity contribution in [3.63, 3.8) is 0 Å². The maximum atomic E-state index is 11.9. The molecule has 0 radical (unpaired) electrons. The highest BCUT2D eigenvalue weighted by molar-refractivity contribution is 5.76. The number of aliphatic hydroxyl groups excluding tert-OH is 1. The first-order valence-electron chi connectivity index (χ1n) is 7.83. The Morgan fingerprint density at radius 3 is 2.63 bits per heavy atom. The van der Waals surface area contributed by atoms with Gasteiger partial charge in [-0.15, -0.1) is 0 Å². The van der Waals surface area contributed by atoms with Crippen molar-refractivity contribution in [2.45, 2.75) is 45.6 Å². The van der Waals surface area contributed by atoms with Crippen LogP contribution in [0.4, 0.5) is 0 Å². The molecule has 1 aliphatic carbocycles. The van der Waals surface area contributed by atoms with Crippen LogP contribution in [-0.2, 0) is 4.79 Å². The normalized spacial score (nSPS) is 30.6. The smallest absolute Gasteiger partial charge is 0.222 e. The molecule has 2 fully saturated rings. The summed E-state index contributed by atoms with van der Waals surface area (Å²) in [7, 11) is 0. The van der Waals surface area contributed by atoms with Crippen molar-refractivity contribution in [2.24, 2.45) is 11.8 Å². The van der Waals surface area contributed by atoms with Gasteiger partial charge in [0, 0.05) is 38.5 Å². The third-order valence-electron chi connectivity index (χ3n) is 4.88.